The maximum Gasteiger partial charge on any atom is 0.323 e. The van der Waals surface area contributed by atoms with Crippen LogP contribution in [0.15, 0.2) is 0 Å². The highest BCUT2D eigenvalue weighted by molar-refractivity contribution is 5.86. The molecule has 0 heterocycles. The van der Waals surface area contributed by atoms with Crippen LogP contribution in [0.1, 0.15) is 33.1 Å². The van der Waals surface area contributed by atoms with Crippen molar-refractivity contribution in [2.45, 2.75) is 39.2 Å². The van der Waals surface area contributed by atoms with Crippen LogP contribution in [0.25, 0.3) is 0 Å². The monoisotopic (exact) mass is 285 g/mol. The van der Waals surface area contributed by atoms with E-state index >= 15 is 0 Å². The fourth-order valence-corrected chi connectivity index (χ4v) is 2.83. The fraction of sp³-hybridized carbons (Fsp3) is 0.769. The lowest BCUT2D eigenvalue weighted by Gasteiger charge is -2.25. The van der Waals surface area contributed by atoms with E-state index in [4.69, 9.17) is 10.8 Å². The molecular formula is C13H23N3O4. The first-order chi connectivity index (χ1) is 9.35. The Morgan fingerprint density at radius 2 is 1.95 bits per heavy atom. The molecule has 0 aliphatic heterocycles. The largest absolute Gasteiger partial charge is 0.480 e. The zero-order valence-corrected chi connectivity index (χ0v) is 12.0. The van der Waals surface area contributed by atoms with Gasteiger partial charge in [-0.1, -0.05) is 20.3 Å². The van der Waals surface area contributed by atoms with Gasteiger partial charge in [0.15, 0.2) is 0 Å². The van der Waals surface area contributed by atoms with Gasteiger partial charge in [0.1, 0.15) is 13.1 Å². The van der Waals surface area contributed by atoms with Gasteiger partial charge in [0, 0.05) is 6.04 Å². The maximum atomic E-state index is 12.1. The molecule has 1 rings (SSSR count). The van der Waals surface area contributed by atoms with Gasteiger partial charge in [0.2, 0.25) is 5.91 Å². The lowest BCUT2D eigenvalue weighted by atomic mass is 9.93. The van der Waals surface area contributed by atoms with Crippen molar-refractivity contribution < 1.29 is 19.5 Å². The Labute approximate surface area is 118 Å². The number of rotatable bonds is 6. The number of primary amides is 1. The van der Waals surface area contributed by atoms with Gasteiger partial charge in [-0.3, -0.25) is 9.59 Å². The van der Waals surface area contributed by atoms with Crippen LogP contribution >= 0.6 is 0 Å². The first-order valence-corrected chi connectivity index (χ1v) is 6.90. The van der Waals surface area contributed by atoms with E-state index in [1.807, 2.05) is 0 Å². The van der Waals surface area contributed by atoms with Crippen molar-refractivity contribution in [3.63, 3.8) is 0 Å². The van der Waals surface area contributed by atoms with Crippen LogP contribution < -0.4 is 11.1 Å². The number of carboxylic acids is 1. The average Bonchev–Trinajstić information content (AvgIpc) is 2.68. The Balaban J connectivity index is 2.61. The number of amides is 3. The zero-order chi connectivity index (χ0) is 15.3. The second-order valence-electron chi connectivity index (χ2n) is 5.38. The van der Waals surface area contributed by atoms with Gasteiger partial charge in [-0.2, -0.15) is 0 Å². The number of carbonyl (C=O) groups is 3. The van der Waals surface area contributed by atoms with E-state index in [9.17, 15) is 14.4 Å². The van der Waals surface area contributed by atoms with Crippen LogP contribution in [0.5, 0.6) is 0 Å². The molecule has 114 valence electrons. The number of nitrogens with two attached hydrogens (primary N) is 1. The summed E-state index contributed by atoms with van der Waals surface area (Å²) in [5, 5.41) is 11.6. The highest BCUT2D eigenvalue weighted by atomic mass is 16.4. The molecule has 1 fully saturated rings. The number of urea groups is 1. The van der Waals surface area contributed by atoms with Crippen molar-refractivity contribution in [3.05, 3.63) is 0 Å². The highest BCUT2D eigenvalue weighted by Gasteiger charge is 2.33. The van der Waals surface area contributed by atoms with Crippen molar-refractivity contribution in [1.82, 2.24) is 10.2 Å². The topological polar surface area (TPSA) is 113 Å². The molecule has 0 aromatic carbocycles. The van der Waals surface area contributed by atoms with E-state index < -0.39 is 31.0 Å². The first kappa shape index (κ1) is 16.3. The van der Waals surface area contributed by atoms with Gasteiger partial charge in [-0.05, 0) is 24.7 Å². The van der Waals surface area contributed by atoms with E-state index in [0.29, 0.717) is 11.8 Å². The van der Waals surface area contributed by atoms with Crippen molar-refractivity contribution >= 4 is 17.9 Å². The Bertz CT molecular complexity index is 370. The molecule has 0 aromatic rings. The first-order valence-electron chi connectivity index (χ1n) is 6.90. The predicted octanol–water partition coefficient (Wildman–Crippen LogP) is 0.393. The standard InChI is InChI=1S/C13H23N3O4/c1-3-9-4-5-10(8(9)2)15-13(20)16(6-11(14)17)7-12(18)19/h8-10H,3-7H2,1-2H3,(H2,14,17)(H,15,20)(H,18,19). The molecule has 0 saturated heterocycles. The summed E-state index contributed by atoms with van der Waals surface area (Å²) in [6, 6.07) is -0.517. The van der Waals surface area contributed by atoms with Gasteiger partial charge in [-0.25, -0.2) is 4.79 Å². The van der Waals surface area contributed by atoms with Gasteiger partial charge >= 0.3 is 12.0 Å². The van der Waals surface area contributed by atoms with Crippen LogP contribution in [-0.2, 0) is 9.59 Å². The van der Waals surface area contributed by atoms with Crippen LogP contribution in [0.3, 0.4) is 0 Å². The minimum Gasteiger partial charge on any atom is -0.480 e. The smallest absolute Gasteiger partial charge is 0.323 e. The molecule has 1 aliphatic carbocycles. The van der Waals surface area contributed by atoms with Crippen molar-refractivity contribution in [3.8, 4) is 0 Å². The third kappa shape index (κ3) is 4.40. The molecule has 7 nitrogen and oxygen atoms in total. The normalized spacial score (nSPS) is 25.2. The summed E-state index contributed by atoms with van der Waals surface area (Å²) in [5.41, 5.74) is 5.03. The molecular weight excluding hydrogens is 262 g/mol. The Kier molecular flexibility index (Phi) is 5.79. The van der Waals surface area contributed by atoms with Crippen molar-refractivity contribution in [2.75, 3.05) is 13.1 Å². The molecule has 0 radical (unpaired) electrons. The van der Waals surface area contributed by atoms with E-state index in [0.717, 1.165) is 24.2 Å². The van der Waals surface area contributed by atoms with E-state index in [2.05, 4.69) is 19.2 Å². The lowest BCUT2D eigenvalue weighted by Crippen LogP contribution is -2.50. The molecule has 20 heavy (non-hydrogen) atoms. The van der Waals surface area contributed by atoms with Crippen LogP contribution in [-0.4, -0.2) is 47.0 Å². The summed E-state index contributed by atoms with van der Waals surface area (Å²) in [7, 11) is 0. The van der Waals surface area contributed by atoms with E-state index in [1.54, 1.807) is 0 Å². The minimum atomic E-state index is -1.17. The van der Waals surface area contributed by atoms with Crippen molar-refractivity contribution in [1.29, 1.82) is 0 Å². The van der Waals surface area contributed by atoms with E-state index in [-0.39, 0.29) is 6.04 Å². The lowest BCUT2D eigenvalue weighted by molar-refractivity contribution is -0.137. The SMILES string of the molecule is CCC1CCC(NC(=O)N(CC(N)=O)CC(=O)O)C1C. The van der Waals surface area contributed by atoms with E-state index in [1.165, 1.54) is 0 Å². The Morgan fingerprint density at radius 1 is 1.30 bits per heavy atom. The zero-order valence-electron chi connectivity index (χ0n) is 12.0. The van der Waals surface area contributed by atoms with Gasteiger partial charge in [-0.15, -0.1) is 0 Å². The number of hydrogen-bond acceptors (Lipinski definition) is 3. The number of carbonyl (C=O) groups excluding carboxylic acids is 2. The second-order valence-corrected chi connectivity index (χ2v) is 5.38. The third-order valence-corrected chi connectivity index (χ3v) is 4.02. The molecule has 1 aliphatic rings. The molecule has 3 unspecified atom stereocenters. The highest BCUT2D eigenvalue weighted by Crippen LogP contribution is 2.33. The van der Waals surface area contributed by atoms with Gasteiger partial charge in [0.05, 0.1) is 0 Å². The van der Waals surface area contributed by atoms with Crippen LogP contribution in [0, 0.1) is 11.8 Å². The fourth-order valence-electron chi connectivity index (χ4n) is 2.83. The molecule has 0 aromatic heterocycles. The number of nitrogens with one attached hydrogen (secondary N) is 1. The summed E-state index contributed by atoms with van der Waals surface area (Å²) in [4.78, 5) is 34.6. The molecule has 4 N–H and O–H groups in total. The average molecular weight is 285 g/mol. The summed E-state index contributed by atoms with van der Waals surface area (Å²) in [6.45, 7) is 3.28. The van der Waals surface area contributed by atoms with Gasteiger partial charge in [0.25, 0.3) is 0 Å². The summed E-state index contributed by atoms with van der Waals surface area (Å²) in [6.07, 6.45) is 2.99. The number of carboxylic acid groups (broad SMARTS) is 1. The second kappa shape index (κ2) is 7.12. The molecule has 0 bridgehead atoms. The third-order valence-electron chi connectivity index (χ3n) is 4.02. The molecule has 7 heteroatoms. The minimum absolute atomic E-state index is 0.0246. The predicted molar refractivity (Wildman–Crippen MR) is 72.9 cm³/mol. The Morgan fingerprint density at radius 3 is 2.40 bits per heavy atom. The quantitative estimate of drug-likeness (QED) is 0.655. The molecule has 3 amide bonds. The summed E-state index contributed by atoms with van der Waals surface area (Å²) < 4.78 is 0. The van der Waals surface area contributed by atoms with Crippen LogP contribution in [0.4, 0.5) is 4.79 Å². The summed E-state index contributed by atoms with van der Waals surface area (Å²) in [5.74, 6) is -0.979. The number of aliphatic carboxylic acids is 1. The maximum absolute atomic E-state index is 12.1. The summed E-state index contributed by atoms with van der Waals surface area (Å²) >= 11 is 0. The Hall–Kier alpha value is -1.79. The molecule has 0 spiro atoms. The van der Waals surface area contributed by atoms with Gasteiger partial charge < -0.3 is 21.1 Å². The van der Waals surface area contributed by atoms with Crippen molar-refractivity contribution in [2.24, 2.45) is 17.6 Å². The molecule has 1 saturated carbocycles. The molecule has 3 atom stereocenters. The van der Waals surface area contributed by atoms with Crippen LogP contribution in [0.2, 0.25) is 0 Å². The number of hydrogen-bond donors (Lipinski definition) is 3. The number of nitrogens with zero attached hydrogens (tertiary/aromatic N) is 1.